The molecule has 174 valence electrons. The van der Waals surface area contributed by atoms with Gasteiger partial charge in [-0.2, -0.15) is 0 Å². The smallest absolute Gasteiger partial charge is 0.472 e. The van der Waals surface area contributed by atoms with Crippen molar-refractivity contribution in [1.82, 2.24) is 0 Å². The fourth-order valence-electron chi connectivity index (χ4n) is 2.52. The number of ether oxygens (including phenoxy) is 2. The first-order valence-electron chi connectivity index (χ1n) is 10.9. The van der Waals surface area contributed by atoms with Crippen molar-refractivity contribution in [2.45, 2.75) is 70.8 Å². The fraction of sp³-hybridized carbons (Fsp3) is 0.905. The number of phosphoric ester groups is 1. The van der Waals surface area contributed by atoms with Crippen molar-refractivity contribution in [3.05, 3.63) is 12.3 Å². The summed E-state index contributed by atoms with van der Waals surface area (Å²) in [6.45, 7) is 3.18. The van der Waals surface area contributed by atoms with E-state index in [2.05, 4.69) is 6.92 Å². The monoisotopic (exact) mass is 438 g/mol. The lowest BCUT2D eigenvalue weighted by molar-refractivity contribution is -0.870. The molecule has 8 heteroatoms. The lowest BCUT2D eigenvalue weighted by atomic mass is 10.1. The summed E-state index contributed by atoms with van der Waals surface area (Å²) in [6.07, 6.45) is 14.7. The lowest BCUT2D eigenvalue weighted by Gasteiger charge is -2.24. The highest BCUT2D eigenvalue weighted by molar-refractivity contribution is 7.47. The van der Waals surface area contributed by atoms with Gasteiger partial charge in [0, 0.05) is 7.11 Å². The van der Waals surface area contributed by atoms with Gasteiger partial charge in [-0.05, 0) is 18.9 Å². The van der Waals surface area contributed by atoms with E-state index in [-0.39, 0.29) is 19.8 Å². The summed E-state index contributed by atoms with van der Waals surface area (Å²) in [5, 5.41) is 0. The van der Waals surface area contributed by atoms with Crippen LogP contribution in [0.1, 0.15) is 64.7 Å². The van der Waals surface area contributed by atoms with Crippen LogP contribution in [0.3, 0.4) is 0 Å². The molecular weight excluding hydrogens is 393 g/mol. The lowest BCUT2D eigenvalue weighted by Crippen LogP contribution is -2.37. The topological polar surface area (TPSA) is 74.2 Å². The first-order chi connectivity index (χ1) is 13.7. The van der Waals surface area contributed by atoms with Gasteiger partial charge in [-0.1, -0.05) is 51.9 Å². The van der Waals surface area contributed by atoms with Crippen molar-refractivity contribution in [2.75, 3.05) is 54.6 Å². The molecule has 0 radical (unpaired) electrons. The molecule has 0 aromatic rings. The highest BCUT2D eigenvalue weighted by Crippen LogP contribution is 2.43. The standard InChI is InChI=1S/C21H44NO6P/c1-6-7-8-9-10-11-12-13-14-15-17-26-19-21(25-5)20-28-29(23,24)27-18-16-22(2,3)4/h15,17,21H,6-14,16,18-20H2,1-5H3/p+1. The van der Waals surface area contributed by atoms with Crippen LogP contribution < -0.4 is 0 Å². The molecule has 0 fully saturated rings. The Morgan fingerprint density at radius 1 is 0.966 bits per heavy atom. The number of rotatable bonds is 20. The summed E-state index contributed by atoms with van der Waals surface area (Å²) in [7, 11) is 3.37. The first kappa shape index (κ1) is 28.6. The van der Waals surface area contributed by atoms with Crippen molar-refractivity contribution in [3.8, 4) is 0 Å². The SMILES string of the molecule is CCCCCCCCCCC=COCC(COP(=O)(O)OCC[N+](C)(C)C)OC. The van der Waals surface area contributed by atoms with Crippen LogP contribution in [0, 0.1) is 0 Å². The minimum atomic E-state index is -4.08. The fourth-order valence-corrected chi connectivity index (χ4v) is 3.27. The van der Waals surface area contributed by atoms with Crippen LogP contribution in [0.5, 0.6) is 0 Å². The highest BCUT2D eigenvalue weighted by atomic mass is 31.2. The van der Waals surface area contributed by atoms with Crippen LogP contribution in [0.2, 0.25) is 0 Å². The molecule has 0 spiro atoms. The molecule has 2 atom stereocenters. The molecule has 7 nitrogen and oxygen atoms in total. The Balaban J connectivity index is 3.77. The van der Waals surface area contributed by atoms with E-state index in [9.17, 15) is 9.46 Å². The molecule has 0 aliphatic carbocycles. The maximum Gasteiger partial charge on any atom is 0.472 e. The molecule has 2 unspecified atom stereocenters. The number of hydrogen-bond acceptors (Lipinski definition) is 5. The Labute approximate surface area is 178 Å². The van der Waals surface area contributed by atoms with Crippen molar-refractivity contribution in [2.24, 2.45) is 0 Å². The maximum atomic E-state index is 11.9. The second-order valence-electron chi connectivity index (χ2n) is 8.44. The minimum absolute atomic E-state index is 0.0689. The summed E-state index contributed by atoms with van der Waals surface area (Å²) >= 11 is 0. The van der Waals surface area contributed by atoms with Gasteiger partial charge in [0.15, 0.2) is 0 Å². The zero-order chi connectivity index (χ0) is 22.0. The molecule has 0 rings (SSSR count). The number of quaternary nitrogens is 1. The third kappa shape index (κ3) is 20.6. The molecular formula is C21H45NO6P+. The minimum Gasteiger partial charge on any atom is -0.499 e. The van der Waals surface area contributed by atoms with Gasteiger partial charge in [0.2, 0.25) is 0 Å². The van der Waals surface area contributed by atoms with Crippen molar-refractivity contribution in [3.63, 3.8) is 0 Å². The molecule has 0 aromatic heterocycles. The Kier molecular flexibility index (Phi) is 17.0. The van der Waals surface area contributed by atoms with Gasteiger partial charge < -0.3 is 18.9 Å². The second-order valence-corrected chi connectivity index (χ2v) is 9.89. The second kappa shape index (κ2) is 17.3. The Bertz CT molecular complexity index is 453. The van der Waals surface area contributed by atoms with Gasteiger partial charge in [0.1, 0.15) is 25.9 Å². The van der Waals surface area contributed by atoms with E-state index < -0.39 is 13.9 Å². The van der Waals surface area contributed by atoms with E-state index in [1.54, 1.807) is 6.26 Å². The number of hydrogen-bond donors (Lipinski definition) is 1. The van der Waals surface area contributed by atoms with Gasteiger partial charge >= 0.3 is 7.82 Å². The largest absolute Gasteiger partial charge is 0.499 e. The maximum absolute atomic E-state index is 11.9. The van der Waals surface area contributed by atoms with Crippen LogP contribution in [-0.4, -0.2) is 70.1 Å². The highest BCUT2D eigenvalue weighted by Gasteiger charge is 2.24. The average Bonchev–Trinajstić information content (AvgIpc) is 2.63. The average molecular weight is 439 g/mol. The van der Waals surface area contributed by atoms with E-state index in [0.29, 0.717) is 11.0 Å². The van der Waals surface area contributed by atoms with Crippen LogP contribution in [0.4, 0.5) is 0 Å². The van der Waals surface area contributed by atoms with Crippen LogP contribution in [-0.2, 0) is 23.1 Å². The summed E-state index contributed by atoms with van der Waals surface area (Å²) < 4.78 is 33.2. The van der Waals surface area contributed by atoms with Gasteiger partial charge in [0.25, 0.3) is 0 Å². The molecule has 0 amide bonds. The van der Waals surface area contributed by atoms with E-state index in [0.717, 1.165) is 6.42 Å². The Morgan fingerprint density at radius 2 is 1.59 bits per heavy atom. The summed E-state index contributed by atoms with van der Waals surface area (Å²) in [6, 6.07) is 0. The number of unbranched alkanes of at least 4 members (excludes halogenated alkanes) is 8. The third-order valence-corrected chi connectivity index (χ3v) is 5.46. The molecule has 0 aliphatic rings. The molecule has 0 heterocycles. The van der Waals surface area contributed by atoms with Gasteiger partial charge in [-0.25, -0.2) is 4.57 Å². The molecule has 0 saturated heterocycles. The number of phosphoric acid groups is 1. The van der Waals surface area contributed by atoms with Crippen molar-refractivity contribution in [1.29, 1.82) is 0 Å². The number of allylic oxidation sites excluding steroid dienone is 1. The van der Waals surface area contributed by atoms with Crippen LogP contribution in [0.25, 0.3) is 0 Å². The Morgan fingerprint density at radius 3 is 2.17 bits per heavy atom. The predicted octanol–water partition coefficient (Wildman–Crippen LogP) is 4.90. The van der Waals surface area contributed by atoms with Gasteiger partial charge in [-0.3, -0.25) is 9.05 Å². The van der Waals surface area contributed by atoms with Crippen LogP contribution >= 0.6 is 7.82 Å². The van der Waals surface area contributed by atoms with Gasteiger partial charge in [-0.15, -0.1) is 0 Å². The molecule has 0 aromatic carbocycles. The summed E-state index contributed by atoms with van der Waals surface area (Å²) in [5.41, 5.74) is 0. The van der Waals surface area contributed by atoms with E-state index >= 15 is 0 Å². The first-order valence-corrected chi connectivity index (χ1v) is 12.4. The van der Waals surface area contributed by atoms with Crippen molar-refractivity contribution < 1.29 is 32.5 Å². The zero-order valence-corrected chi connectivity index (χ0v) is 20.2. The summed E-state index contributed by atoms with van der Waals surface area (Å²) in [5.74, 6) is 0. The number of methoxy groups -OCH3 is 1. The number of likely N-dealkylation sites (N-methyl/N-ethyl adjacent to an activating group) is 1. The molecule has 0 bridgehead atoms. The third-order valence-electron chi connectivity index (χ3n) is 4.47. The quantitative estimate of drug-likeness (QED) is 0.126. The Hall–Kier alpha value is -0.430. The zero-order valence-electron chi connectivity index (χ0n) is 19.3. The van der Waals surface area contributed by atoms with Crippen LogP contribution in [0.15, 0.2) is 12.3 Å². The van der Waals surface area contributed by atoms with E-state index in [1.165, 1.54) is 58.5 Å². The summed E-state index contributed by atoms with van der Waals surface area (Å²) in [4.78, 5) is 9.72. The van der Waals surface area contributed by atoms with E-state index in [1.807, 2.05) is 27.2 Å². The molecule has 0 aliphatic heterocycles. The number of nitrogens with zero attached hydrogens (tertiary/aromatic N) is 1. The van der Waals surface area contributed by atoms with Gasteiger partial charge in [0.05, 0.1) is 34.0 Å². The predicted molar refractivity (Wildman–Crippen MR) is 118 cm³/mol. The molecule has 29 heavy (non-hydrogen) atoms. The van der Waals surface area contributed by atoms with E-state index in [4.69, 9.17) is 18.5 Å². The molecule has 0 saturated carbocycles. The normalized spacial score (nSPS) is 15.5. The molecule has 1 N–H and O–H groups in total. The van der Waals surface area contributed by atoms with Crippen molar-refractivity contribution >= 4 is 7.82 Å².